The minimum atomic E-state index is -0.356. The topological polar surface area (TPSA) is 65.0 Å². The molecule has 316 valence electrons. The number of esters is 1. The van der Waals surface area contributed by atoms with Crippen LogP contribution in [0.1, 0.15) is 161 Å². The minimum absolute atomic E-state index is 0.0172. The molecule has 0 spiro atoms. The van der Waals surface area contributed by atoms with Gasteiger partial charge in [-0.1, -0.05) is 138 Å². The third-order valence-corrected chi connectivity index (χ3v) is 12.9. The Morgan fingerprint density at radius 2 is 1.05 bits per heavy atom. The molecule has 0 aliphatic carbocycles. The van der Waals surface area contributed by atoms with Crippen molar-refractivity contribution in [1.29, 1.82) is 0 Å². The fraction of sp³-hybridized carbons (Fsp3) is 0.528. The molecule has 58 heavy (non-hydrogen) atoms. The summed E-state index contributed by atoms with van der Waals surface area (Å²) in [5.74, 6) is 2.79. The van der Waals surface area contributed by atoms with E-state index < -0.39 is 0 Å². The lowest BCUT2D eigenvalue weighted by Gasteiger charge is -2.47. The number of hydrogen-bond acceptors (Lipinski definition) is 5. The van der Waals surface area contributed by atoms with E-state index in [-0.39, 0.29) is 45.8 Å². The Kier molecular flexibility index (Phi) is 15.5. The molecule has 5 nitrogen and oxygen atoms in total. The maximum absolute atomic E-state index is 13.0. The van der Waals surface area contributed by atoms with Gasteiger partial charge in [0.15, 0.2) is 6.29 Å². The zero-order valence-electron chi connectivity index (χ0n) is 38.2. The molecule has 6 atom stereocenters. The first-order valence-corrected chi connectivity index (χ1v) is 21.5. The fourth-order valence-electron chi connectivity index (χ4n) is 8.79. The number of aromatic hydroxyl groups is 1. The van der Waals surface area contributed by atoms with Crippen molar-refractivity contribution < 1.29 is 24.1 Å². The van der Waals surface area contributed by atoms with Crippen LogP contribution in [-0.2, 0) is 4.74 Å². The molecule has 0 aromatic heterocycles. The number of ether oxygens (including phenoxy) is 3. The van der Waals surface area contributed by atoms with Gasteiger partial charge in [0.1, 0.15) is 17.2 Å². The maximum atomic E-state index is 13.0. The summed E-state index contributed by atoms with van der Waals surface area (Å²) in [4.78, 5) is 13.0. The minimum Gasteiger partial charge on any atom is -0.508 e. The van der Waals surface area contributed by atoms with Crippen molar-refractivity contribution in [2.75, 3.05) is 6.61 Å². The first-order chi connectivity index (χ1) is 27.0. The molecule has 0 saturated heterocycles. The van der Waals surface area contributed by atoms with Crippen LogP contribution in [0.2, 0.25) is 0 Å². The summed E-state index contributed by atoms with van der Waals surface area (Å²) in [5.41, 5.74) is 4.42. The number of carbonyl (C=O) groups is 1. The number of rotatable bonds is 18. The van der Waals surface area contributed by atoms with Gasteiger partial charge in [-0.15, -0.1) is 0 Å². The second kappa shape index (κ2) is 19.3. The molecule has 0 amide bonds. The van der Waals surface area contributed by atoms with Crippen molar-refractivity contribution in [2.24, 2.45) is 33.5 Å². The Balaban J connectivity index is 1.72. The Bertz CT molecular complexity index is 1840. The molecule has 0 bridgehead atoms. The van der Waals surface area contributed by atoms with Crippen LogP contribution in [0.15, 0.2) is 103 Å². The van der Waals surface area contributed by atoms with E-state index >= 15 is 0 Å². The molecule has 1 N–H and O–H groups in total. The second-order valence-electron chi connectivity index (χ2n) is 20.5. The lowest BCUT2D eigenvalue weighted by atomic mass is 9.58. The van der Waals surface area contributed by atoms with Gasteiger partial charge < -0.3 is 19.3 Å². The van der Waals surface area contributed by atoms with Crippen LogP contribution in [0.25, 0.3) is 0 Å². The maximum Gasteiger partial charge on any atom is 0.343 e. The molecular weight excluding hydrogens is 717 g/mol. The van der Waals surface area contributed by atoms with E-state index in [1.54, 1.807) is 12.1 Å². The average Bonchev–Trinajstić information content (AvgIpc) is 3.15. The largest absolute Gasteiger partial charge is 0.508 e. The van der Waals surface area contributed by atoms with Gasteiger partial charge >= 0.3 is 5.97 Å². The molecule has 4 rings (SSSR count). The average molecular weight is 791 g/mol. The van der Waals surface area contributed by atoms with E-state index in [0.717, 1.165) is 25.0 Å². The lowest BCUT2D eigenvalue weighted by molar-refractivity contribution is -0.0613. The summed E-state index contributed by atoms with van der Waals surface area (Å²) in [6.45, 7) is 33.3. The summed E-state index contributed by atoms with van der Waals surface area (Å²) in [6, 6.07) is 34.0. The van der Waals surface area contributed by atoms with E-state index in [9.17, 15) is 9.90 Å². The monoisotopic (exact) mass is 791 g/mol. The Labute approximate surface area is 351 Å². The predicted molar refractivity (Wildman–Crippen MR) is 241 cm³/mol. The number of benzene rings is 4. The van der Waals surface area contributed by atoms with E-state index in [4.69, 9.17) is 14.2 Å². The van der Waals surface area contributed by atoms with E-state index in [1.807, 2.05) is 56.3 Å². The van der Waals surface area contributed by atoms with Gasteiger partial charge in [-0.2, -0.15) is 0 Å². The quantitative estimate of drug-likeness (QED) is 0.0618. The highest BCUT2D eigenvalue weighted by molar-refractivity contribution is 5.90. The van der Waals surface area contributed by atoms with Crippen molar-refractivity contribution in [3.8, 4) is 17.2 Å². The first kappa shape index (κ1) is 46.6. The number of phenols is 1. The summed E-state index contributed by atoms with van der Waals surface area (Å²) in [6.07, 6.45) is 2.73. The summed E-state index contributed by atoms with van der Waals surface area (Å²) < 4.78 is 17.5. The zero-order valence-corrected chi connectivity index (χ0v) is 38.2. The van der Waals surface area contributed by atoms with Crippen LogP contribution in [0.3, 0.4) is 0 Å². The van der Waals surface area contributed by atoms with Gasteiger partial charge in [-0.3, -0.25) is 0 Å². The third-order valence-electron chi connectivity index (χ3n) is 12.9. The van der Waals surface area contributed by atoms with Crippen molar-refractivity contribution in [3.63, 3.8) is 0 Å². The smallest absolute Gasteiger partial charge is 0.343 e. The second-order valence-corrected chi connectivity index (χ2v) is 20.5. The summed E-state index contributed by atoms with van der Waals surface area (Å²) >= 11 is 0. The molecule has 6 unspecified atom stereocenters. The molecule has 0 saturated carbocycles. The fourth-order valence-corrected chi connectivity index (χ4v) is 8.79. The SMILES string of the molecule is CCOC(C)Oc1ccc(C(CC(C)(C)C)C(C)C(C)(C)CC(c2ccc(OC(=O)c3ccccc3)cc2)C(C)C(C)(C)CC(c2ccc(O)cc2)C(C)(C)C)cc1. The molecule has 0 radical (unpaired) electrons. The van der Waals surface area contributed by atoms with E-state index in [0.29, 0.717) is 41.4 Å². The molecule has 0 aliphatic heterocycles. The van der Waals surface area contributed by atoms with Crippen LogP contribution < -0.4 is 9.47 Å². The number of phenolic OH excluding ortho intramolecular Hbond substituents is 1. The molecular formula is C53H74O5. The van der Waals surface area contributed by atoms with Crippen LogP contribution in [0.5, 0.6) is 17.2 Å². The Hall–Kier alpha value is -4.09. The molecule has 0 heterocycles. The van der Waals surface area contributed by atoms with Crippen molar-refractivity contribution >= 4 is 5.97 Å². The van der Waals surface area contributed by atoms with Gasteiger partial charge in [-0.25, -0.2) is 4.79 Å². The van der Waals surface area contributed by atoms with Crippen LogP contribution >= 0.6 is 0 Å². The van der Waals surface area contributed by atoms with Gasteiger partial charge in [-0.05, 0) is 150 Å². The zero-order chi connectivity index (χ0) is 43.1. The molecule has 4 aromatic rings. The summed E-state index contributed by atoms with van der Waals surface area (Å²) in [5, 5.41) is 10.1. The molecule has 0 aliphatic rings. The number of carbonyl (C=O) groups excluding carboxylic acids is 1. The van der Waals surface area contributed by atoms with E-state index in [2.05, 4.69) is 132 Å². The Morgan fingerprint density at radius 3 is 1.53 bits per heavy atom. The number of hydrogen-bond donors (Lipinski definition) is 1. The van der Waals surface area contributed by atoms with Crippen molar-refractivity contribution in [3.05, 3.63) is 125 Å². The van der Waals surface area contributed by atoms with Gasteiger partial charge in [0.2, 0.25) is 0 Å². The van der Waals surface area contributed by atoms with Gasteiger partial charge in [0.05, 0.1) is 5.56 Å². The highest BCUT2D eigenvalue weighted by Crippen LogP contribution is 2.54. The summed E-state index contributed by atoms with van der Waals surface area (Å²) in [7, 11) is 0. The predicted octanol–water partition coefficient (Wildman–Crippen LogP) is 14.6. The normalized spacial score (nSPS) is 15.8. The van der Waals surface area contributed by atoms with Crippen LogP contribution in [-0.4, -0.2) is 24.0 Å². The standard InChI is InChI=1S/C53H74O5/c1-15-56-38(4)57-44-29-23-39(24-30-44)46(33-50(5,6)7)36(2)52(11,12)34-47(40-25-31-45(32-26-40)58-49(55)42-19-17-16-18-20-42)37(3)53(13,14)35-48(51(8,9)10)41-21-27-43(54)28-22-41/h16-32,36-38,46-48,54H,15,33-35H2,1-14H3. The highest BCUT2D eigenvalue weighted by atomic mass is 16.7. The molecule has 0 fully saturated rings. The molecule has 4 aromatic carbocycles. The lowest BCUT2D eigenvalue weighted by Crippen LogP contribution is -2.36. The van der Waals surface area contributed by atoms with Crippen LogP contribution in [0, 0.1) is 33.5 Å². The Morgan fingerprint density at radius 1 is 0.586 bits per heavy atom. The third kappa shape index (κ3) is 13.0. The van der Waals surface area contributed by atoms with Gasteiger partial charge in [0, 0.05) is 6.61 Å². The highest BCUT2D eigenvalue weighted by Gasteiger charge is 2.43. The van der Waals surface area contributed by atoms with Gasteiger partial charge in [0.25, 0.3) is 0 Å². The van der Waals surface area contributed by atoms with Crippen LogP contribution in [0.4, 0.5) is 0 Å². The van der Waals surface area contributed by atoms with Crippen molar-refractivity contribution in [2.45, 2.75) is 140 Å². The molecule has 5 heteroatoms. The van der Waals surface area contributed by atoms with Crippen molar-refractivity contribution in [1.82, 2.24) is 0 Å². The first-order valence-electron chi connectivity index (χ1n) is 21.5. The van der Waals surface area contributed by atoms with E-state index in [1.165, 1.54) is 16.7 Å².